The summed E-state index contributed by atoms with van der Waals surface area (Å²) in [5.74, 6) is 1.07. The zero-order chi connectivity index (χ0) is 19.4. The second kappa shape index (κ2) is 10.4. The average Bonchev–Trinajstić information content (AvgIpc) is 3.25. The molecular weight excluding hydrogens is 477 g/mol. The second-order valence-corrected chi connectivity index (χ2v) is 7.79. The van der Waals surface area contributed by atoms with E-state index >= 15 is 0 Å². The number of carbonyl (C=O) groups excluding carboxylic acids is 1. The van der Waals surface area contributed by atoms with Gasteiger partial charge in [0.1, 0.15) is 18.2 Å². The number of hydrogen-bond donors (Lipinski definition) is 2. The van der Waals surface area contributed by atoms with E-state index in [4.69, 9.17) is 0 Å². The topological polar surface area (TPSA) is 56.7 Å². The summed E-state index contributed by atoms with van der Waals surface area (Å²) in [7, 11) is 3.39. The highest BCUT2D eigenvalue weighted by molar-refractivity contribution is 14.0. The molecule has 2 N–H and O–H groups in total. The summed E-state index contributed by atoms with van der Waals surface area (Å²) in [5.41, 5.74) is 0.325. The highest BCUT2D eigenvalue weighted by Gasteiger charge is 2.39. The van der Waals surface area contributed by atoms with Crippen LogP contribution in [0.15, 0.2) is 23.2 Å². The number of guanidine groups is 1. The lowest BCUT2D eigenvalue weighted by Crippen LogP contribution is -2.46. The van der Waals surface area contributed by atoms with Crippen LogP contribution < -0.4 is 10.6 Å². The lowest BCUT2D eigenvalue weighted by atomic mass is 9.95. The minimum atomic E-state index is -0.447. The number of halogens is 3. The molecule has 28 heavy (non-hydrogen) atoms. The van der Waals surface area contributed by atoms with Crippen LogP contribution in [0, 0.1) is 23.5 Å². The van der Waals surface area contributed by atoms with Gasteiger partial charge in [0, 0.05) is 26.7 Å². The lowest BCUT2D eigenvalue weighted by Gasteiger charge is -2.25. The maximum atomic E-state index is 13.8. The fraction of sp³-hybridized carbons (Fsp3) is 0.600. The molecule has 0 aliphatic heterocycles. The molecular formula is C20H29F2IN4O. The van der Waals surface area contributed by atoms with Gasteiger partial charge in [-0.1, -0.05) is 6.42 Å². The van der Waals surface area contributed by atoms with Gasteiger partial charge >= 0.3 is 0 Å². The molecule has 156 valence electrons. The summed E-state index contributed by atoms with van der Waals surface area (Å²) in [4.78, 5) is 17.8. The van der Waals surface area contributed by atoms with Gasteiger partial charge in [0.25, 0.3) is 0 Å². The van der Waals surface area contributed by atoms with Crippen molar-refractivity contribution in [2.45, 2.75) is 38.1 Å². The quantitative estimate of drug-likeness (QED) is 0.355. The molecule has 2 fully saturated rings. The molecule has 2 bridgehead atoms. The third kappa shape index (κ3) is 6.02. The molecule has 8 heteroatoms. The van der Waals surface area contributed by atoms with Gasteiger partial charge in [-0.25, -0.2) is 13.8 Å². The molecule has 0 aromatic heterocycles. The van der Waals surface area contributed by atoms with Crippen molar-refractivity contribution in [2.24, 2.45) is 16.8 Å². The lowest BCUT2D eigenvalue weighted by molar-refractivity contribution is -0.127. The van der Waals surface area contributed by atoms with Gasteiger partial charge in [0.05, 0.1) is 0 Å². The Bertz CT molecular complexity index is 713. The van der Waals surface area contributed by atoms with Crippen LogP contribution >= 0.6 is 24.0 Å². The number of amides is 1. The van der Waals surface area contributed by atoms with Crippen LogP contribution in [-0.4, -0.2) is 50.0 Å². The van der Waals surface area contributed by atoms with Crippen LogP contribution in [0.2, 0.25) is 0 Å². The van der Waals surface area contributed by atoms with Gasteiger partial charge in [-0.3, -0.25) is 4.79 Å². The number of nitrogens with zero attached hydrogens (tertiary/aromatic N) is 2. The van der Waals surface area contributed by atoms with E-state index in [1.165, 1.54) is 30.2 Å². The number of nitrogens with one attached hydrogen (secondary N) is 2. The predicted octanol–water partition coefficient (Wildman–Crippen LogP) is 2.94. The first-order valence-electron chi connectivity index (χ1n) is 9.61. The Kier molecular flexibility index (Phi) is 8.45. The van der Waals surface area contributed by atoms with E-state index in [9.17, 15) is 13.6 Å². The van der Waals surface area contributed by atoms with E-state index in [1.54, 1.807) is 14.1 Å². The van der Waals surface area contributed by atoms with Gasteiger partial charge in [0.2, 0.25) is 5.91 Å². The van der Waals surface area contributed by atoms with Crippen LogP contribution in [0.4, 0.5) is 8.78 Å². The van der Waals surface area contributed by atoms with Crippen LogP contribution in [0.5, 0.6) is 0 Å². The Balaban J connectivity index is 0.00000280. The molecule has 0 heterocycles. The fourth-order valence-electron chi connectivity index (χ4n) is 4.09. The third-order valence-corrected chi connectivity index (χ3v) is 5.63. The first-order chi connectivity index (χ1) is 12.9. The Hall–Kier alpha value is -1.45. The van der Waals surface area contributed by atoms with Gasteiger partial charge in [-0.05, 0) is 61.3 Å². The largest absolute Gasteiger partial charge is 0.356 e. The first-order valence-corrected chi connectivity index (χ1v) is 9.61. The Morgan fingerprint density at radius 1 is 1.25 bits per heavy atom. The molecule has 3 rings (SSSR count). The van der Waals surface area contributed by atoms with E-state index in [0.717, 1.165) is 24.5 Å². The number of fused-ring (bicyclic) bond motifs is 2. The molecule has 3 unspecified atom stereocenters. The summed E-state index contributed by atoms with van der Waals surface area (Å²) < 4.78 is 27.1. The summed E-state index contributed by atoms with van der Waals surface area (Å²) in [5, 5.41) is 6.63. The maximum absolute atomic E-state index is 13.8. The van der Waals surface area contributed by atoms with E-state index in [2.05, 4.69) is 15.6 Å². The fourth-order valence-corrected chi connectivity index (χ4v) is 4.09. The minimum Gasteiger partial charge on any atom is -0.356 e. The smallest absolute Gasteiger partial charge is 0.243 e. The summed E-state index contributed by atoms with van der Waals surface area (Å²) in [6.45, 7) is 0.459. The molecule has 1 aromatic rings. The normalized spacial score (nSPS) is 23.3. The molecule has 0 spiro atoms. The van der Waals surface area contributed by atoms with Crippen molar-refractivity contribution in [2.75, 3.05) is 27.2 Å². The molecule has 2 saturated carbocycles. The molecule has 5 nitrogen and oxygen atoms in total. The molecule has 3 atom stereocenters. The van der Waals surface area contributed by atoms with Gasteiger partial charge in [-0.15, -0.1) is 24.0 Å². The molecule has 0 saturated heterocycles. The third-order valence-electron chi connectivity index (χ3n) is 5.63. The Labute approximate surface area is 182 Å². The molecule has 2 aliphatic rings. The number of likely N-dealkylation sites (N-methyl/N-ethyl adjacent to an activating group) is 1. The van der Waals surface area contributed by atoms with Crippen LogP contribution in [0.25, 0.3) is 0 Å². The molecule has 1 amide bonds. The SMILES string of the molecule is CN(C)C(=O)CN=C(NCCc1cc(F)ccc1F)NC1CC2CCC1C2.I. The standard InChI is InChI=1S/C20H28F2N4O.HI/c1-26(2)19(27)12-24-20(25-18-10-13-3-4-15(18)9-13)23-8-7-14-11-16(21)5-6-17(14)22;/h5-6,11,13,15,18H,3-4,7-10,12H2,1-2H3,(H2,23,24,25);1H. The Morgan fingerprint density at radius 3 is 2.68 bits per heavy atom. The minimum absolute atomic E-state index is 0. The van der Waals surface area contributed by atoms with Crippen molar-refractivity contribution < 1.29 is 13.6 Å². The highest BCUT2D eigenvalue weighted by atomic mass is 127. The van der Waals surface area contributed by atoms with Crippen LogP contribution in [-0.2, 0) is 11.2 Å². The number of hydrogen-bond acceptors (Lipinski definition) is 2. The van der Waals surface area contributed by atoms with E-state index in [-0.39, 0.29) is 36.4 Å². The number of carbonyl (C=O) groups is 1. The van der Waals surface area contributed by atoms with Gasteiger partial charge in [0.15, 0.2) is 5.96 Å². The van der Waals surface area contributed by atoms with Crippen LogP contribution in [0.1, 0.15) is 31.2 Å². The first kappa shape index (κ1) is 22.8. The highest BCUT2D eigenvalue weighted by Crippen LogP contribution is 2.44. The van der Waals surface area contributed by atoms with Crippen molar-refractivity contribution in [1.29, 1.82) is 0 Å². The summed E-state index contributed by atoms with van der Waals surface area (Å²) >= 11 is 0. The zero-order valence-corrected chi connectivity index (χ0v) is 18.7. The maximum Gasteiger partial charge on any atom is 0.243 e. The van der Waals surface area contributed by atoms with Crippen molar-refractivity contribution in [3.05, 3.63) is 35.4 Å². The van der Waals surface area contributed by atoms with Crippen molar-refractivity contribution in [3.8, 4) is 0 Å². The molecule has 0 radical (unpaired) electrons. The summed E-state index contributed by atoms with van der Waals surface area (Å²) in [6, 6.07) is 3.84. The van der Waals surface area contributed by atoms with E-state index in [1.807, 2.05) is 0 Å². The number of rotatable bonds is 6. The van der Waals surface area contributed by atoms with Crippen molar-refractivity contribution in [3.63, 3.8) is 0 Å². The number of benzene rings is 1. The molecule has 1 aromatic carbocycles. The summed E-state index contributed by atoms with van der Waals surface area (Å²) in [6.07, 6.45) is 5.27. The predicted molar refractivity (Wildman–Crippen MR) is 117 cm³/mol. The van der Waals surface area contributed by atoms with Gasteiger partial charge in [-0.2, -0.15) is 0 Å². The average molecular weight is 506 g/mol. The van der Waals surface area contributed by atoms with Crippen LogP contribution in [0.3, 0.4) is 0 Å². The zero-order valence-electron chi connectivity index (χ0n) is 16.4. The second-order valence-electron chi connectivity index (χ2n) is 7.79. The van der Waals surface area contributed by atoms with E-state index in [0.29, 0.717) is 36.4 Å². The van der Waals surface area contributed by atoms with Crippen molar-refractivity contribution >= 4 is 35.8 Å². The van der Waals surface area contributed by atoms with E-state index < -0.39 is 11.6 Å². The number of aliphatic imine (C=N–C) groups is 1. The van der Waals surface area contributed by atoms with Gasteiger partial charge < -0.3 is 15.5 Å². The van der Waals surface area contributed by atoms with Crippen molar-refractivity contribution in [1.82, 2.24) is 15.5 Å². The monoisotopic (exact) mass is 506 g/mol. The molecule has 2 aliphatic carbocycles. The Morgan fingerprint density at radius 2 is 2.04 bits per heavy atom.